The Hall–Kier alpha value is -1.32. The van der Waals surface area contributed by atoms with E-state index in [1.807, 2.05) is 30.0 Å². The zero-order valence-corrected chi connectivity index (χ0v) is 11.0. The first-order valence-corrected chi connectivity index (χ1v) is 6.33. The Morgan fingerprint density at radius 3 is 2.89 bits per heavy atom. The summed E-state index contributed by atoms with van der Waals surface area (Å²) in [6, 6.07) is 7.05. The molecule has 2 rings (SSSR count). The third-order valence-corrected chi connectivity index (χ3v) is 3.32. The zero-order valence-electron chi connectivity index (χ0n) is 10.2. The van der Waals surface area contributed by atoms with E-state index in [1.54, 1.807) is 18.2 Å². The molecule has 0 saturated heterocycles. The summed E-state index contributed by atoms with van der Waals surface area (Å²) >= 11 is 5.75. The van der Waals surface area contributed by atoms with Gasteiger partial charge in [0.25, 0.3) is 0 Å². The predicted octanol–water partition coefficient (Wildman–Crippen LogP) is 3.74. The van der Waals surface area contributed by atoms with Crippen LogP contribution in [0.4, 0.5) is 4.39 Å². The summed E-state index contributed by atoms with van der Waals surface area (Å²) in [5.74, 6) is -0.353. The lowest BCUT2D eigenvalue weighted by Gasteiger charge is -2.07. The van der Waals surface area contributed by atoms with Crippen LogP contribution >= 0.6 is 11.6 Å². The normalized spacial score (nSPS) is 12.7. The van der Waals surface area contributed by atoms with Crippen LogP contribution in [0.15, 0.2) is 36.7 Å². The number of nitrogens with zero attached hydrogens (tertiary/aromatic N) is 1. The van der Waals surface area contributed by atoms with Gasteiger partial charge in [0.15, 0.2) is 0 Å². The van der Waals surface area contributed by atoms with Crippen LogP contribution in [-0.4, -0.2) is 4.57 Å². The number of hydrogen-bond donors (Lipinski definition) is 1. The molecule has 0 bridgehead atoms. The second-order valence-corrected chi connectivity index (χ2v) is 4.75. The highest BCUT2D eigenvalue weighted by Gasteiger charge is 2.08. The van der Waals surface area contributed by atoms with Crippen molar-refractivity contribution >= 4 is 11.6 Å². The van der Waals surface area contributed by atoms with Gasteiger partial charge in [0, 0.05) is 30.5 Å². The molecule has 18 heavy (non-hydrogen) atoms. The minimum absolute atomic E-state index is 0.0375. The average Bonchev–Trinajstić information content (AvgIpc) is 2.82. The minimum atomic E-state index is -0.353. The first-order valence-electron chi connectivity index (χ1n) is 5.96. The highest BCUT2D eigenvalue weighted by atomic mass is 35.5. The SMILES string of the molecule is CCC(N)c1ccn(Cc2cccc(Cl)c2F)c1. The molecule has 1 heterocycles. The molecule has 1 aromatic heterocycles. The van der Waals surface area contributed by atoms with Crippen LogP contribution in [-0.2, 0) is 6.54 Å². The lowest BCUT2D eigenvalue weighted by molar-refractivity contribution is 0.599. The average molecular weight is 267 g/mol. The number of halogens is 2. The highest BCUT2D eigenvalue weighted by Crippen LogP contribution is 2.20. The van der Waals surface area contributed by atoms with E-state index in [-0.39, 0.29) is 16.9 Å². The monoisotopic (exact) mass is 266 g/mol. The van der Waals surface area contributed by atoms with Crippen molar-refractivity contribution in [3.8, 4) is 0 Å². The second kappa shape index (κ2) is 5.55. The van der Waals surface area contributed by atoms with Crippen molar-refractivity contribution in [3.05, 3.63) is 58.6 Å². The molecule has 1 atom stereocenters. The topological polar surface area (TPSA) is 30.9 Å². The Bertz CT molecular complexity index is 536. The lowest BCUT2D eigenvalue weighted by Crippen LogP contribution is -2.07. The Balaban J connectivity index is 2.19. The summed E-state index contributed by atoms with van der Waals surface area (Å²) in [7, 11) is 0. The zero-order chi connectivity index (χ0) is 13.1. The number of rotatable bonds is 4. The van der Waals surface area contributed by atoms with Crippen LogP contribution in [0.2, 0.25) is 5.02 Å². The smallest absolute Gasteiger partial charge is 0.146 e. The molecule has 2 N–H and O–H groups in total. The molecule has 0 amide bonds. The van der Waals surface area contributed by atoms with Crippen molar-refractivity contribution in [2.75, 3.05) is 0 Å². The van der Waals surface area contributed by atoms with E-state index in [0.717, 1.165) is 12.0 Å². The van der Waals surface area contributed by atoms with E-state index in [2.05, 4.69) is 0 Å². The maximum absolute atomic E-state index is 13.7. The molecule has 1 unspecified atom stereocenters. The summed E-state index contributed by atoms with van der Waals surface area (Å²) < 4.78 is 15.7. The lowest BCUT2D eigenvalue weighted by atomic mass is 10.1. The summed E-state index contributed by atoms with van der Waals surface area (Å²) in [5, 5.41) is 0.158. The van der Waals surface area contributed by atoms with E-state index >= 15 is 0 Å². The van der Waals surface area contributed by atoms with Crippen LogP contribution in [0.1, 0.15) is 30.5 Å². The van der Waals surface area contributed by atoms with Gasteiger partial charge < -0.3 is 10.3 Å². The van der Waals surface area contributed by atoms with E-state index in [1.165, 1.54) is 0 Å². The first kappa shape index (κ1) is 13.1. The maximum Gasteiger partial charge on any atom is 0.146 e. The van der Waals surface area contributed by atoms with Gasteiger partial charge >= 0.3 is 0 Å². The van der Waals surface area contributed by atoms with Gasteiger partial charge in [-0.2, -0.15) is 0 Å². The molecule has 4 heteroatoms. The third-order valence-electron chi connectivity index (χ3n) is 3.03. The van der Waals surface area contributed by atoms with Crippen molar-refractivity contribution in [1.82, 2.24) is 4.57 Å². The standard InChI is InChI=1S/C14H16ClFN2/c1-2-13(17)10-6-7-18(8-10)9-11-4-3-5-12(15)14(11)16/h3-8,13H,2,9,17H2,1H3. The first-order chi connectivity index (χ1) is 8.61. The maximum atomic E-state index is 13.7. The third kappa shape index (κ3) is 2.74. The van der Waals surface area contributed by atoms with Crippen molar-refractivity contribution in [1.29, 1.82) is 0 Å². The fourth-order valence-electron chi connectivity index (χ4n) is 1.88. The van der Waals surface area contributed by atoms with Gasteiger partial charge in [-0.25, -0.2) is 4.39 Å². The van der Waals surface area contributed by atoms with Gasteiger partial charge in [0.05, 0.1) is 5.02 Å². The summed E-state index contributed by atoms with van der Waals surface area (Å²) in [5.41, 5.74) is 7.59. The molecular weight excluding hydrogens is 251 g/mol. The Labute approximate surface area is 111 Å². The molecule has 0 spiro atoms. The predicted molar refractivity (Wildman–Crippen MR) is 72.2 cm³/mol. The van der Waals surface area contributed by atoms with Crippen molar-refractivity contribution in [3.63, 3.8) is 0 Å². The van der Waals surface area contributed by atoms with Crippen LogP contribution in [0.3, 0.4) is 0 Å². The van der Waals surface area contributed by atoms with Crippen LogP contribution in [0, 0.1) is 5.82 Å². The number of benzene rings is 1. The molecule has 1 aromatic carbocycles. The molecule has 0 saturated carbocycles. The van der Waals surface area contributed by atoms with E-state index in [4.69, 9.17) is 17.3 Å². The van der Waals surface area contributed by atoms with Gasteiger partial charge in [-0.15, -0.1) is 0 Å². The summed E-state index contributed by atoms with van der Waals surface area (Å²) in [6.45, 7) is 2.50. The fourth-order valence-corrected chi connectivity index (χ4v) is 2.07. The molecule has 0 fully saturated rings. The summed E-state index contributed by atoms with van der Waals surface area (Å²) in [6.07, 6.45) is 4.75. The molecule has 0 radical (unpaired) electrons. The minimum Gasteiger partial charge on any atom is -0.349 e. The number of nitrogens with two attached hydrogens (primary N) is 1. The van der Waals surface area contributed by atoms with E-state index in [9.17, 15) is 4.39 Å². The van der Waals surface area contributed by atoms with Gasteiger partial charge in [-0.1, -0.05) is 30.7 Å². The van der Waals surface area contributed by atoms with E-state index in [0.29, 0.717) is 12.1 Å². The molecular formula is C14H16ClFN2. The number of aromatic nitrogens is 1. The van der Waals surface area contributed by atoms with Gasteiger partial charge in [-0.05, 0) is 24.1 Å². The molecule has 0 aliphatic rings. The van der Waals surface area contributed by atoms with Gasteiger partial charge in [0.1, 0.15) is 5.82 Å². The Morgan fingerprint density at radius 2 is 2.17 bits per heavy atom. The molecule has 2 nitrogen and oxygen atoms in total. The van der Waals surface area contributed by atoms with Crippen LogP contribution < -0.4 is 5.73 Å². The fraction of sp³-hybridized carbons (Fsp3) is 0.286. The van der Waals surface area contributed by atoms with Crippen LogP contribution in [0.5, 0.6) is 0 Å². The summed E-state index contributed by atoms with van der Waals surface area (Å²) in [4.78, 5) is 0. The quantitative estimate of drug-likeness (QED) is 0.898. The molecule has 0 aliphatic heterocycles. The van der Waals surface area contributed by atoms with Crippen molar-refractivity contribution in [2.45, 2.75) is 25.9 Å². The van der Waals surface area contributed by atoms with Crippen molar-refractivity contribution < 1.29 is 4.39 Å². The van der Waals surface area contributed by atoms with Crippen molar-refractivity contribution in [2.24, 2.45) is 5.73 Å². The largest absolute Gasteiger partial charge is 0.349 e. The van der Waals surface area contributed by atoms with E-state index < -0.39 is 0 Å². The number of hydrogen-bond acceptors (Lipinski definition) is 1. The molecule has 0 aliphatic carbocycles. The second-order valence-electron chi connectivity index (χ2n) is 4.34. The highest BCUT2D eigenvalue weighted by molar-refractivity contribution is 6.30. The molecule has 96 valence electrons. The Kier molecular flexibility index (Phi) is 4.04. The Morgan fingerprint density at radius 1 is 1.39 bits per heavy atom. The van der Waals surface area contributed by atoms with Gasteiger partial charge in [0.2, 0.25) is 0 Å². The van der Waals surface area contributed by atoms with Gasteiger partial charge in [-0.3, -0.25) is 0 Å². The van der Waals surface area contributed by atoms with Crippen LogP contribution in [0.25, 0.3) is 0 Å². The molecule has 2 aromatic rings.